The number of nitrogens with two attached hydrogens (primary N) is 1. The van der Waals surface area contributed by atoms with Crippen LogP contribution in [0.5, 0.6) is 11.9 Å². The molecule has 0 spiro atoms. The van der Waals surface area contributed by atoms with Gasteiger partial charge in [-0.05, 0) is 12.0 Å². The summed E-state index contributed by atoms with van der Waals surface area (Å²) in [6.45, 7) is 1.75. The zero-order valence-electron chi connectivity index (χ0n) is 17.4. The van der Waals surface area contributed by atoms with Crippen LogP contribution in [0.1, 0.15) is 28.5 Å². The maximum atomic E-state index is 12.8. The summed E-state index contributed by atoms with van der Waals surface area (Å²) in [6.07, 6.45) is 0.399. The van der Waals surface area contributed by atoms with Gasteiger partial charge in [0.05, 0.1) is 25.2 Å². The molecule has 162 valence electrons. The molecular formula is C21H22N4O6. The van der Waals surface area contributed by atoms with Crippen LogP contribution in [0.3, 0.4) is 0 Å². The Kier molecular flexibility index (Phi) is 6.49. The number of aromatic nitrogens is 3. The number of ether oxygens (including phenoxy) is 3. The van der Waals surface area contributed by atoms with Crippen LogP contribution in [0.2, 0.25) is 0 Å². The van der Waals surface area contributed by atoms with E-state index in [4.69, 9.17) is 15.2 Å². The van der Waals surface area contributed by atoms with Crippen LogP contribution >= 0.6 is 0 Å². The molecule has 10 heteroatoms. The van der Waals surface area contributed by atoms with Crippen LogP contribution in [0.15, 0.2) is 30.3 Å². The lowest BCUT2D eigenvalue weighted by Gasteiger charge is -2.10. The highest BCUT2D eigenvalue weighted by molar-refractivity contribution is 6.45. The summed E-state index contributed by atoms with van der Waals surface area (Å²) in [5, 5.41) is 0.182. The van der Waals surface area contributed by atoms with E-state index in [1.165, 1.54) is 14.2 Å². The van der Waals surface area contributed by atoms with E-state index < -0.39 is 24.3 Å². The molecule has 0 saturated heterocycles. The quantitative estimate of drug-likeness (QED) is 0.307. The predicted octanol–water partition coefficient (Wildman–Crippen LogP) is 1.27. The molecule has 0 fully saturated rings. The number of primary amides is 1. The van der Waals surface area contributed by atoms with Crippen molar-refractivity contribution in [2.75, 3.05) is 20.8 Å². The van der Waals surface area contributed by atoms with Gasteiger partial charge in [0.15, 0.2) is 12.3 Å². The second kappa shape index (κ2) is 9.24. The van der Waals surface area contributed by atoms with Gasteiger partial charge in [-0.3, -0.25) is 9.59 Å². The molecule has 0 bridgehead atoms. The molecule has 3 rings (SSSR count). The zero-order valence-corrected chi connectivity index (χ0v) is 17.4. The molecule has 2 aromatic heterocycles. The second-order valence-electron chi connectivity index (χ2n) is 6.52. The average molecular weight is 426 g/mol. The molecule has 0 aliphatic rings. The molecule has 0 unspecified atom stereocenters. The first-order chi connectivity index (χ1) is 14.9. The molecule has 0 radical (unpaired) electrons. The number of benzene rings is 1. The summed E-state index contributed by atoms with van der Waals surface area (Å²) in [7, 11) is 2.60. The van der Waals surface area contributed by atoms with E-state index in [2.05, 4.69) is 14.7 Å². The van der Waals surface area contributed by atoms with E-state index in [-0.39, 0.29) is 22.8 Å². The number of nitrogens with zero attached hydrogens (tertiary/aromatic N) is 3. The van der Waals surface area contributed by atoms with Gasteiger partial charge in [-0.1, -0.05) is 37.3 Å². The molecule has 1 amide bonds. The van der Waals surface area contributed by atoms with Crippen molar-refractivity contribution in [3.05, 3.63) is 47.2 Å². The van der Waals surface area contributed by atoms with Crippen LogP contribution in [0, 0.1) is 0 Å². The molecule has 10 nitrogen and oxygen atoms in total. The number of hydrogen-bond donors (Lipinski definition) is 1. The highest BCUT2D eigenvalue weighted by atomic mass is 16.6. The number of fused-ring (bicyclic) bond motifs is 1. The Morgan fingerprint density at radius 1 is 1.10 bits per heavy atom. The van der Waals surface area contributed by atoms with E-state index in [9.17, 15) is 14.4 Å². The second-order valence-corrected chi connectivity index (χ2v) is 6.52. The molecule has 2 N–H and O–H groups in total. The van der Waals surface area contributed by atoms with Crippen LogP contribution < -0.4 is 15.2 Å². The number of Topliss-reactive ketones (excluding diaryl/α,β-unsaturated/α-hetero) is 1. The van der Waals surface area contributed by atoms with Crippen molar-refractivity contribution in [2.24, 2.45) is 5.73 Å². The third-order valence-electron chi connectivity index (χ3n) is 4.66. The monoisotopic (exact) mass is 426 g/mol. The van der Waals surface area contributed by atoms with E-state index in [0.29, 0.717) is 24.3 Å². The summed E-state index contributed by atoms with van der Waals surface area (Å²) < 4.78 is 17.1. The Balaban J connectivity index is 2.32. The third kappa shape index (κ3) is 4.32. The van der Waals surface area contributed by atoms with Gasteiger partial charge in [0.1, 0.15) is 0 Å². The number of methoxy groups -OCH3 is 2. The first-order valence-corrected chi connectivity index (χ1v) is 9.45. The van der Waals surface area contributed by atoms with Crippen molar-refractivity contribution in [2.45, 2.75) is 19.9 Å². The molecular weight excluding hydrogens is 404 g/mol. The Morgan fingerprint density at radius 2 is 1.81 bits per heavy atom. The number of carbonyl (C=O) groups is 3. The minimum absolute atomic E-state index is 0.0279. The molecule has 1 aromatic carbocycles. The fraction of sp³-hybridized carbons (Fsp3) is 0.286. The largest absolute Gasteiger partial charge is 0.467 e. The Bertz CT molecular complexity index is 1140. The summed E-state index contributed by atoms with van der Waals surface area (Å²) >= 11 is 0. The van der Waals surface area contributed by atoms with Crippen LogP contribution in [0.25, 0.3) is 11.0 Å². The lowest BCUT2D eigenvalue weighted by molar-refractivity contribution is -0.143. The smallest absolute Gasteiger partial charge is 0.343 e. The van der Waals surface area contributed by atoms with Crippen LogP contribution in [-0.2, 0) is 27.3 Å². The van der Waals surface area contributed by atoms with E-state index in [1.54, 1.807) is 4.57 Å². The minimum Gasteiger partial charge on any atom is -0.467 e. The third-order valence-corrected chi connectivity index (χ3v) is 4.66. The van der Waals surface area contributed by atoms with Gasteiger partial charge in [0.2, 0.25) is 5.88 Å². The number of amides is 1. The summed E-state index contributed by atoms with van der Waals surface area (Å²) in [6, 6.07) is 9.50. The normalized spacial score (nSPS) is 10.7. The average Bonchev–Trinajstić information content (AvgIpc) is 3.10. The van der Waals surface area contributed by atoms with Gasteiger partial charge in [-0.15, -0.1) is 0 Å². The Labute approximate surface area is 177 Å². The molecule has 2 heterocycles. The first kappa shape index (κ1) is 21.8. The van der Waals surface area contributed by atoms with Gasteiger partial charge >= 0.3 is 12.0 Å². The fourth-order valence-electron chi connectivity index (χ4n) is 3.28. The first-order valence-electron chi connectivity index (χ1n) is 9.45. The van der Waals surface area contributed by atoms with Crippen molar-refractivity contribution in [3.8, 4) is 11.9 Å². The number of esters is 1. The van der Waals surface area contributed by atoms with Gasteiger partial charge < -0.3 is 24.5 Å². The zero-order chi connectivity index (χ0) is 22.5. The topological polar surface area (TPSA) is 136 Å². The van der Waals surface area contributed by atoms with Crippen molar-refractivity contribution < 1.29 is 28.6 Å². The van der Waals surface area contributed by atoms with Gasteiger partial charge in [0, 0.05) is 12.2 Å². The molecule has 0 saturated carbocycles. The minimum atomic E-state index is -1.12. The van der Waals surface area contributed by atoms with Crippen molar-refractivity contribution in [1.82, 2.24) is 14.5 Å². The van der Waals surface area contributed by atoms with Crippen molar-refractivity contribution >= 4 is 28.7 Å². The summed E-state index contributed by atoms with van der Waals surface area (Å²) in [5.74, 6) is -2.75. The lowest BCUT2D eigenvalue weighted by atomic mass is 10.1. The maximum Gasteiger partial charge on any atom is 0.343 e. The lowest BCUT2D eigenvalue weighted by Crippen LogP contribution is -2.24. The molecule has 0 atom stereocenters. The van der Waals surface area contributed by atoms with E-state index in [0.717, 1.165) is 5.56 Å². The SMILES string of the molecule is CCc1c(C(=O)C(N)=O)c2c(OCC(=O)OC)nc(OC)nc2n1Cc1ccccc1. The summed E-state index contributed by atoms with van der Waals surface area (Å²) in [4.78, 5) is 44.7. The number of carbonyl (C=O) groups excluding carboxylic acids is 3. The fourth-order valence-corrected chi connectivity index (χ4v) is 3.28. The van der Waals surface area contributed by atoms with Gasteiger partial charge in [-0.2, -0.15) is 9.97 Å². The summed E-state index contributed by atoms with van der Waals surface area (Å²) in [5.41, 5.74) is 7.16. The standard InChI is InChI=1S/C21H22N4O6/c1-4-13-15(17(27)18(22)28)16-19(25(13)10-12-8-6-5-7-9-12)23-21(30-3)24-20(16)31-11-14(26)29-2/h5-9H,4,10-11H2,1-3H3,(H2,22,28). The van der Waals surface area contributed by atoms with Crippen molar-refractivity contribution in [1.29, 1.82) is 0 Å². The van der Waals surface area contributed by atoms with E-state index in [1.807, 2.05) is 37.3 Å². The van der Waals surface area contributed by atoms with Crippen molar-refractivity contribution in [3.63, 3.8) is 0 Å². The highest BCUT2D eigenvalue weighted by Gasteiger charge is 2.30. The number of rotatable bonds is 9. The maximum absolute atomic E-state index is 12.8. The predicted molar refractivity (Wildman–Crippen MR) is 110 cm³/mol. The Hall–Kier alpha value is -3.95. The Morgan fingerprint density at radius 3 is 2.39 bits per heavy atom. The number of ketones is 1. The molecule has 0 aliphatic heterocycles. The highest BCUT2D eigenvalue weighted by Crippen LogP contribution is 2.34. The molecule has 31 heavy (non-hydrogen) atoms. The van der Waals surface area contributed by atoms with Crippen LogP contribution in [-0.4, -0.2) is 53.0 Å². The number of hydrogen-bond acceptors (Lipinski definition) is 8. The molecule has 0 aliphatic carbocycles. The van der Waals surface area contributed by atoms with Gasteiger partial charge in [-0.25, -0.2) is 4.79 Å². The molecule has 3 aromatic rings. The van der Waals surface area contributed by atoms with E-state index >= 15 is 0 Å². The van der Waals surface area contributed by atoms with Crippen LogP contribution in [0.4, 0.5) is 0 Å². The van der Waals surface area contributed by atoms with Gasteiger partial charge in [0.25, 0.3) is 11.7 Å².